The predicted molar refractivity (Wildman–Crippen MR) is 158 cm³/mol. The second kappa shape index (κ2) is 11.1. The number of imidazole rings is 1. The topological polar surface area (TPSA) is 74.1 Å². The monoisotopic (exact) mass is 569 g/mol. The summed E-state index contributed by atoms with van der Waals surface area (Å²) in [5.74, 6) is 0.559. The molecule has 1 fully saturated rings. The van der Waals surface area contributed by atoms with Gasteiger partial charge in [-0.05, 0) is 35.2 Å². The maximum atomic E-state index is 15.6. The first kappa shape index (κ1) is 27.8. The molecule has 42 heavy (non-hydrogen) atoms. The van der Waals surface area contributed by atoms with Crippen LogP contribution in [0.25, 0.3) is 11.2 Å². The van der Waals surface area contributed by atoms with E-state index in [2.05, 4.69) is 44.5 Å². The van der Waals surface area contributed by atoms with Crippen LogP contribution in [0.2, 0.25) is 0 Å². The van der Waals surface area contributed by atoms with Gasteiger partial charge in [-0.2, -0.15) is 0 Å². The summed E-state index contributed by atoms with van der Waals surface area (Å²) in [6.45, 7) is 2.74. The normalized spacial score (nSPS) is 22.4. The Kier molecular flexibility index (Phi) is 7.36. The van der Waals surface area contributed by atoms with E-state index in [0.717, 1.165) is 22.4 Å². The lowest BCUT2D eigenvalue weighted by atomic mass is 9.77. The number of nitrogens with zero attached hydrogens (tertiary/aromatic N) is 4. The summed E-state index contributed by atoms with van der Waals surface area (Å²) < 4.78 is 42.8. The zero-order valence-corrected chi connectivity index (χ0v) is 23.7. The van der Waals surface area contributed by atoms with Gasteiger partial charge in [0, 0.05) is 5.92 Å². The van der Waals surface area contributed by atoms with Crippen molar-refractivity contribution in [3.8, 4) is 5.75 Å². The molecule has 6 rings (SSSR count). The van der Waals surface area contributed by atoms with Gasteiger partial charge in [-0.15, -0.1) is 0 Å². The lowest BCUT2D eigenvalue weighted by Gasteiger charge is -2.37. The molecule has 3 heterocycles. The highest BCUT2D eigenvalue weighted by molar-refractivity contribution is 5.84. The van der Waals surface area contributed by atoms with Crippen LogP contribution in [-0.4, -0.2) is 45.1 Å². The number of aromatic nitrogens is 4. The van der Waals surface area contributed by atoms with Gasteiger partial charge in [0.25, 0.3) is 0 Å². The first-order chi connectivity index (χ1) is 20.5. The van der Waals surface area contributed by atoms with Gasteiger partial charge in [-0.1, -0.05) is 86.6 Å². The first-order valence-electron chi connectivity index (χ1n) is 14.1. The number of rotatable bonds is 9. The summed E-state index contributed by atoms with van der Waals surface area (Å²) in [6.07, 6.45) is 0.785. The van der Waals surface area contributed by atoms with Gasteiger partial charge in [0.15, 0.2) is 29.4 Å². The van der Waals surface area contributed by atoms with Gasteiger partial charge < -0.3 is 14.8 Å². The number of benzene rings is 3. The molecule has 1 aliphatic heterocycles. The Morgan fingerprint density at radius 3 is 2.10 bits per heavy atom. The molecule has 216 valence electrons. The fourth-order valence-corrected chi connectivity index (χ4v) is 6.05. The van der Waals surface area contributed by atoms with Gasteiger partial charge in [0.05, 0.1) is 13.4 Å². The van der Waals surface area contributed by atoms with E-state index in [4.69, 9.17) is 9.47 Å². The van der Waals surface area contributed by atoms with Crippen LogP contribution in [0.4, 0.5) is 14.6 Å². The third-order valence-electron chi connectivity index (χ3n) is 8.64. The number of ether oxygens (including phenoxy) is 2. The molecule has 1 saturated heterocycles. The van der Waals surface area contributed by atoms with Crippen LogP contribution in [0.15, 0.2) is 97.6 Å². The molecule has 9 heteroatoms. The summed E-state index contributed by atoms with van der Waals surface area (Å²) >= 11 is 0. The molecule has 4 atom stereocenters. The Morgan fingerprint density at radius 1 is 0.929 bits per heavy atom. The van der Waals surface area contributed by atoms with E-state index >= 15 is 4.39 Å². The van der Waals surface area contributed by atoms with E-state index in [1.165, 1.54) is 12.7 Å². The number of hydrogen-bond acceptors (Lipinski definition) is 6. The first-order valence-corrected chi connectivity index (χ1v) is 14.1. The molecule has 0 saturated carbocycles. The summed E-state index contributed by atoms with van der Waals surface area (Å²) in [7, 11) is 1.64. The number of nitrogens with one attached hydrogen (secondary N) is 1. The molecule has 0 unspecified atom stereocenters. The van der Waals surface area contributed by atoms with E-state index in [0.29, 0.717) is 23.4 Å². The van der Waals surface area contributed by atoms with Crippen molar-refractivity contribution < 1.29 is 18.3 Å². The zero-order valence-electron chi connectivity index (χ0n) is 23.7. The van der Waals surface area contributed by atoms with Crippen molar-refractivity contribution in [1.82, 2.24) is 19.5 Å². The van der Waals surface area contributed by atoms with Gasteiger partial charge in [-0.25, -0.2) is 23.7 Å². The zero-order chi connectivity index (χ0) is 29.3. The van der Waals surface area contributed by atoms with E-state index in [9.17, 15) is 4.39 Å². The molecule has 2 aromatic heterocycles. The maximum Gasteiger partial charge on any atom is 0.169 e. The second-order valence-corrected chi connectivity index (χ2v) is 10.7. The van der Waals surface area contributed by atoms with Crippen LogP contribution in [0, 0.1) is 5.92 Å². The van der Waals surface area contributed by atoms with Crippen molar-refractivity contribution >= 4 is 17.0 Å². The van der Waals surface area contributed by atoms with Crippen molar-refractivity contribution in [2.24, 2.45) is 5.92 Å². The molecular weight excluding hydrogens is 536 g/mol. The molecule has 0 spiro atoms. The third-order valence-corrected chi connectivity index (χ3v) is 8.64. The number of halogens is 2. The van der Waals surface area contributed by atoms with Crippen LogP contribution in [-0.2, 0) is 10.3 Å². The summed E-state index contributed by atoms with van der Waals surface area (Å²) in [5, 5.41) is 3.72. The number of methoxy groups -OCH3 is 1. The van der Waals surface area contributed by atoms with Crippen LogP contribution >= 0.6 is 0 Å². The number of alkyl halides is 2. The molecule has 0 amide bonds. The summed E-state index contributed by atoms with van der Waals surface area (Å²) in [4.78, 5) is 13.7. The summed E-state index contributed by atoms with van der Waals surface area (Å²) in [5.41, 5.74) is 1.63. The van der Waals surface area contributed by atoms with Gasteiger partial charge >= 0.3 is 0 Å². The number of hydrogen-bond donors (Lipinski definition) is 1. The molecular formula is C33H33F2N5O2. The Balaban J connectivity index is 1.52. The second-order valence-electron chi connectivity index (χ2n) is 10.7. The molecule has 0 bridgehead atoms. The van der Waals surface area contributed by atoms with Crippen LogP contribution < -0.4 is 10.1 Å². The molecule has 7 nitrogen and oxygen atoms in total. The molecule has 0 aliphatic carbocycles. The van der Waals surface area contributed by atoms with Gasteiger partial charge in [0.2, 0.25) is 0 Å². The van der Waals surface area contributed by atoms with Crippen LogP contribution in [0.3, 0.4) is 0 Å². The Hall–Kier alpha value is -4.37. The minimum atomic E-state index is -1.43. The number of anilines is 1. The SMILES string of the molecule is CC[C@@]1(CF)O[C@@H](n2cnc3c(NC(c4ccccc4)(c4ccccc4)c4ccc(OC)cc4)ncnc32)[C@H](F)[C@@H]1C. The molecule has 1 aliphatic rings. The molecule has 1 N–H and O–H groups in total. The average molecular weight is 570 g/mol. The smallest absolute Gasteiger partial charge is 0.169 e. The quantitative estimate of drug-likeness (QED) is 0.196. The fraction of sp³-hybridized carbons (Fsp3) is 0.303. The Bertz CT molecular complexity index is 1600. The standard InChI is InChI=1S/C33H33F2N5O2/c1-4-32(19-34)22(2)27(35)31(42-32)40-21-38-28-29(36-20-37-30(28)40)39-33(23-11-7-5-8-12-23,24-13-9-6-10-14-24)25-15-17-26(41-3)18-16-25/h5-18,20-22,27,31H,4,19H2,1-3H3,(H,36,37,39)/t22-,27+,31+,32-/m0/s1. The van der Waals surface area contributed by atoms with E-state index < -0.39 is 36.1 Å². The molecule has 0 radical (unpaired) electrons. The largest absolute Gasteiger partial charge is 0.497 e. The maximum absolute atomic E-state index is 15.6. The minimum Gasteiger partial charge on any atom is -0.497 e. The highest BCUT2D eigenvalue weighted by Gasteiger charge is 2.53. The Morgan fingerprint density at radius 2 is 1.55 bits per heavy atom. The van der Waals surface area contributed by atoms with Gasteiger partial charge in [0.1, 0.15) is 29.9 Å². The van der Waals surface area contributed by atoms with Crippen molar-refractivity contribution in [3.05, 3.63) is 114 Å². The van der Waals surface area contributed by atoms with E-state index in [-0.39, 0.29) is 0 Å². The highest BCUT2D eigenvalue weighted by atomic mass is 19.1. The highest BCUT2D eigenvalue weighted by Crippen LogP contribution is 2.47. The summed E-state index contributed by atoms with van der Waals surface area (Å²) in [6, 6.07) is 28.0. The molecule has 3 aromatic carbocycles. The van der Waals surface area contributed by atoms with Crippen molar-refractivity contribution in [3.63, 3.8) is 0 Å². The van der Waals surface area contributed by atoms with E-state index in [1.54, 1.807) is 18.6 Å². The third kappa shape index (κ3) is 4.39. The van der Waals surface area contributed by atoms with Crippen molar-refractivity contribution in [2.75, 3.05) is 19.1 Å². The van der Waals surface area contributed by atoms with E-state index in [1.807, 2.05) is 67.6 Å². The predicted octanol–water partition coefficient (Wildman–Crippen LogP) is 6.86. The average Bonchev–Trinajstić information content (AvgIpc) is 3.60. The van der Waals surface area contributed by atoms with Crippen LogP contribution in [0.5, 0.6) is 5.75 Å². The van der Waals surface area contributed by atoms with Crippen molar-refractivity contribution in [2.45, 2.75) is 43.8 Å². The minimum absolute atomic E-state index is 0.356. The Labute approximate surface area is 243 Å². The number of fused-ring (bicyclic) bond motifs is 1. The van der Waals surface area contributed by atoms with Crippen molar-refractivity contribution in [1.29, 1.82) is 0 Å². The van der Waals surface area contributed by atoms with Gasteiger partial charge in [-0.3, -0.25) is 4.57 Å². The fourth-order valence-electron chi connectivity index (χ4n) is 6.05. The lowest BCUT2D eigenvalue weighted by Crippen LogP contribution is -2.38. The molecule has 5 aromatic rings. The van der Waals surface area contributed by atoms with Crippen LogP contribution in [0.1, 0.15) is 43.2 Å². The lowest BCUT2D eigenvalue weighted by molar-refractivity contribution is -0.0992.